The van der Waals surface area contributed by atoms with Gasteiger partial charge in [0.2, 0.25) is 0 Å². The largest absolute Gasteiger partial charge is 0.449 e. The zero-order chi connectivity index (χ0) is 27.8. The number of hydrogen-bond donors (Lipinski definition) is 1. The average molecular weight is 542 g/mol. The van der Waals surface area contributed by atoms with Crippen LogP contribution in [0.15, 0.2) is 0 Å². The molecule has 0 aliphatic heterocycles. The molecule has 0 aromatic carbocycles. The molecule has 0 unspecified atom stereocenters. The highest BCUT2D eigenvalue weighted by atomic mass is 16.5. The van der Waals surface area contributed by atoms with Gasteiger partial charge in [0.05, 0.1) is 19.8 Å². The van der Waals surface area contributed by atoms with Crippen LogP contribution >= 0.6 is 0 Å². The molecule has 0 aromatic rings. The SMILES string of the molecule is CCCCCCCCCCCCC(CCCCCCCCCCCC)COC(=O)NCCCOCCOC. The highest BCUT2D eigenvalue weighted by Crippen LogP contribution is 2.20. The van der Waals surface area contributed by atoms with Gasteiger partial charge in [-0.1, -0.05) is 142 Å². The van der Waals surface area contributed by atoms with E-state index in [1.54, 1.807) is 7.11 Å². The van der Waals surface area contributed by atoms with Gasteiger partial charge in [0.15, 0.2) is 0 Å². The van der Waals surface area contributed by atoms with Crippen LogP contribution in [-0.4, -0.2) is 46.2 Å². The summed E-state index contributed by atoms with van der Waals surface area (Å²) in [7, 11) is 1.67. The Morgan fingerprint density at radius 1 is 0.579 bits per heavy atom. The monoisotopic (exact) mass is 542 g/mol. The Morgan fingerprint density at radius 3 is 1.47 bits per heavy atom. The van der Waals surface area contributed by atoms with Crippen molar-refractivity contribution in [2.45, 2.75) is 162 Å². The molecular formula is C33H67NO4. The Morgan fingerprint density at radius 2 is 1.03 bits per heavy atom. The summed E-state index contributed by atoms with van der Waals surface area (Å²) in [6.45, 7) is 7.55. The molecule has 1 amide bonds. The minimum atomic E-state index is -0.280. The normalized spacial score (nSPS) is 11.4. The van der Waals surface area contributed by atoms with E-state index in [0.29, 0.717) is 38.9 Å². The second kappa shape index (κ2) is 32.4. The maximum Gasteiger partial charge on any atom is 0.407 e. The van der Waals surface area contributed by atoms with Crippen LogP contribution in [0.3, 0.4) is 0 Å². The van der Waals surface area contributed by atoms with E-state index in [-0.39, 0.29) is 6.09 Å². The lowest BCUT2D eigenvalue weighted by atomic mass is 9.94. The van der Waals surface area contributed by atoms with Crippen molar-refractivity contribution in [1.29, 1.82) is 0 Å². The van der Waals surface area contributed by atoms with Crippen molar-refractivity contribution in [2.24, 2.45) is 5.92 Å². The standard InChI is InChI=1S/C33H67NO4/c1-4-6-8-10-12-14-16-18-20-22-25-32(26-23-21-19-17-15-13-11-9-7-5-2)31-38-33(35)34-27-24-28-37-30-29-36-3/h32H,4-31H2,1-3H3,(H,34,35). The zero-order valence-corrected chi connectivity index (χ0v) is 26.0. The van der Waals surface area contributed by atoms with E-state index in [9.17, 15) is 4.79 Å². The maximum atomic E-state index is 12.2. The van der Waals surface area contributed by atoms with E-state index in [0.717, 1.165) is 6.42 Å². The number of hydrogen-bond acceptors (Lipinski definition) is 4. The second-order valence-electron chi connectivity index (χ2n) is 11.3. The molecule has 0 spiro atoms. The van der Waals surface area contributed by atoms with Crippen molar-refractivity contribution < 1.29 is 19.0 Å². The molecule has 5 heteroatoms. The quantitative estimate of drug-likeness (QED) is 0.0887. The van der Waals surface area contributed by atoms with Crippen LogP contribution in [0.4, 0.5) is 4.79 Å². The van der Waals surface area contributed by atoms with E-state index < -0.39 is 0 Å². The van der Waals surface area contributed by atoms with Crippen LogP contribution in [0.25, 0.3) is 0 Å². The summed E-state index contributed by atoms with van der Waals surface area (Å²) in [5.74, 6) is 0.501. The second-order valence-corrected chi connectivity index (χ2v) is 11.3. The summed E-state index contributed by atoms with van der Waals surface area (Å²) in [6, 6.07) is 0. The van der Waals surface area contributed by atoms with Gasteiger partial charge in [0, 0.05) is 20.3 Å². The third kappa shape index (κ3) is 29.7. The van der Waals surface area contributed by atoms with Gasteiger partial charge in [-0.25, -0.2) is 4.79 Å². The third-order valence-electron chi connectivity index (χ3n) is 7.55. The van der Waals surface area contributed by atoms with Crippen LogP contribution in [0.1, 0.15) is 162 Å². The van der Waals surface area contributed by atoms with Gasteiger partial charge in [0.1, 0.15) is 0 Å². The highest BCUT2D eigenvalue weighted by Gasteiger charge is 2.12. The minimum absolute atomic E-state index is 0.280. The molecule has 1 N–H and O–H groups in total. The van der Waals surface area contributed by atoms with Crippen molar-refractivity contribution in [3.8, 4) is 0 Å². The van der Waals surface area contributed by atoms with Crippen LogP contribution in [0.2, 0.25) is 0 Å². The zero-order valence-electron chi connectivity index (χ0n) is 26.0. The lowest BCUT2D eigenvalue weighted by Crippen LogP contribution is -2.28. The fraction of sp³-hybridized carbons (Fsp3) is 0.970. The van der Waals surface area contributed by atoms with Crippen LogP contribution in [0.5, 0.6) is 0 Å². The Kier molecular flexibility index (Phi) is 31.7. The van der Waals surface area contributed by atoms with E-state index in [1.165, 1.54) is 141 Å². The van der Waals surface area contributed by atoms with Gasteiger partial charge in [-0.3, -0.25) is 0 Å². The first-order valence-electron chi connectivity index (χ1n) is 16.7. The lowest BCUT2D eigenvalue weighted by Gasteiger charge is -2.17. The molecule has 0 fully saturated rings. The first-order chi connectivity index (χ1) is 18.7. The number of methoxy groups -OCH3 is 1. The molecule has 228 valence electrons. The topological polar surface area (TPSA) is 56.8 Å². The average Bonchev–Trinajstić information content (AvgIpc) is 2.92. The lowest BCUT2D eigenvalue weighted by molar-refractivity contribution is 0.0689. The Bertz CT molecular complexity index is 436. The van der Waals surface area contributed by atoms with E-state index >= 15 is 0 Å². The summed E-state index contributed by atoms with van der Waals surface area (Å²) < 4.78 is 16.0. The number of rotatable bonds is 31. The molecule has 0 bridgehead atoms. The molecular weight excluding hydrogens is 474 g/mol. The predicted molar refractivity (Wildman–Crippen MR) is 163 cm³/mol. The van der Waals surface area contributed by atoms with Crippen molar-refractivity contribution in [1.82, 2.24) is 5.32 Å². The Labute approximate surface area is 237 Å². The molecule has 0 atom stereocenters. The molecule has 38 heavy (non-hydrogen) atoms. The molecule has 0 rings (SSSR count). The van der Waals surface area contributed by atoms with Gasteiger partial charge >= 0.3 is 6.09 Å². The van der Waals surface area contributed by atoms with E-state index in [2.05, 4.69) is 19.2 Å². The molecule has 0 aliphatic carbocycles. The molecule has 0 aliphatic rings. The molecule has 0 heterocycles. The summed E-state index contributed by atoms with van der Waals surface area (Å²) in [4.78, 5) is 12.2. The fourth-order valence-corrected chi connectivity index (χ4v) is 5.01. The van der Waals surface area contributed by atoms with Gasteiger partial charge in [-0.2, -0.15) is 0 Å². The minimum Gasteiger partial charge on any atom is -0.449 e. The molecule has 0 saturated carbocycles. The van der Waals surface area contributed by atoms with E-state index in [1.807, 2.05) is 0 Å². The summed E-state index contributed by atoms with van der Waals surface area (Å²) in [5, 5.41) is 2.87. The fourth-order valence-electron chi connectivity index (χ4n) is 5.01. The summed E-state index contributed by atoms with van der Waals surface area (Å²) in [5.41, 5.74) is 0. The van der Waals surface area contributed by atoms with Crippen LogP contribution in [-0.2, 0) is 14.2 Å². The van der Waals surface area contributed by atoms with Crippen LogP contribution < -0.4 is 5.32 Å². The third-order valence-corrected chi connectivity index (χ3v) is 7.55. The molecule has 5 nitrogen and oxygen atoms in total. The van der Waals surface area contributed by atoms with Crippen molar-refractivity contribution in [3.63, 3.8) is 0 Å². The molecule has 0 aromatic heterocycles. The van der Waals surface area contributed by atoms with Crippen molar-refractivity contribution in [2.75, 3.05) is 40.1 Å². The number of nitrogens with one attached hydrogen (secondary N) is 1. The first kappa shape index (κ1) is 37.2. The van der Waals surface area contributed by atoms with Crippen molar-refractivity contribution >= 4 is 6.09 Å². The van der Waals surface area contributed by atoms with Crippen LogP contribution in [0, 0.1) is 5.92 Å². The number of amides is 1. The summed E-state index contributed by atoms with van der Waals surface area (Å²) >= 11 is 0. The van der Waals surface area contributed by atoms with Crippen molar-refractivity contribution in [3.05, 3.63) is 0 Å². The number of carbonyl (C=O) groups excluding carboxylic acids is 1. The molecule has 0 saturated heterocycles. The first-order valence-corrected chi connectivity index (χ1v) is 16.7. The summed E-state index contributed by atoms with van der Waals surface area (Å²) in [6.07, 6.45) is 30.2. The van der Waals surface area contributed by atoms with E-state index in [4.69, 9.17) is 14.2 Å². The van der Waals surface area contributed by atoms with Gasteiger partial charge in [0.25, 0.3) is 0 Å². The number of ether oxygens (including phenoxy) is 3. The van der Waals surface area contributed by atoms with Gasteiger partial charge < -0.3 is 19.5 Å². The van der Waals surface area contributed by atoms with Gasteiger partial charge in [-0.05, 0) is 25.2 Å². The number of alkyl carbamates (subject to hydrolysis) is 1. The number of unbranched alkanes of at least 4 members (excludes halogenated alkanes) is 18. The van der Waals surface area contributed by atoms with Gasteiger partial charge in [-0.15, -0.1) is 0 Å². The number of carbonyl (C=O) groups is 1. The molecule has 0 radical (unpaired) electrons. The smallest absolute Gasteiger partial charge is 0.407 e. The highest BCUT2D eigenvalue weighted by molar-refractivity contribution is 5.67. The maximum absolute atomic E-state index is 12.2. The Hall–Kier alpha value is -0.810. The predicted octanol–water partition coefficient (Wildman–Crippen LogP) is 10.0. The Balaban J connectivity index is 4.03.